The molecule has 0 spiro atoms. The molecule has 0 unspecified atom stereocenters. The van der Waals surface area contributed by atoms with Crippen molar-refractivity contribution in [2.45, 2.75) is 6.18 Å². The van der Waals surface area contributed by atoms with Crippen LogP contribution in [0.2, 0.25) is 5.02 Å². The van der Waals surface area contributed by atoms with E-state index >= 15 is 0 Å². The van der Waals surface area contributed by atoms with Gasteiger partial charge in [-0.3, -0.25) is 9.78 Å². The molecule has 0 aliphatic heterocycles. The molecule has 2 N–H and O–H groups in total. The Bertz CT molecular complexity index is 1720. The molecular weight excluding hydrogens is 805 g/mol. The lowest BCUT2D eigenvalue weighted by Crippen LogP contribution is -2.27. The van der Waals surface area contributed by atoms with Gasteiger partial charge in [0, 0.05) is 37.0 Å². The third-order valence-electron chi connectivity index (χ3n) is 8.01. The number of amides is 1. The molecule has 2 aromatic carbocycles. The van der Waals surface area contributed by atoms with E-state index in [1.54, 1.807) is 30.3 Å². The standard InChI is InChI=1S/C40H52ClF3N4O11/c1-48(35-5-3-4-6-36(35)50-2)39(49)32-26-31(33-29-47-38(40(42,43)44)25-30(33)28-46)34(41)27-37(32)59-24-23-58-22-21-57-20-19-56-18-17-55-16-15-54-14-13-53-12-11-52-10-9-51-8-7-45/h3-6,25-27,29H,7-24,45H2,1-2H3. The van der Waals surface area contributed by atoms with Crippen molar-refractivity contribution < 1.29 is 65.3 Å². The maximum Gasteiger partial charge on any atom is 0.433 e. The summed E-state index contributed by atoms with van der Waals surface area (Å²) in [4.78, 5) is 18.8. The third-order valence-corrected chi connectivity index (χ3v) is 8.32. The molecule has 19 heteroatoms. The van der Waals surface area contributed by atoms with Gasteiger partial charge >= 0.3 is 6.18 Å². The highest BCUT2D eigenvalue weighted by Crippen LogP contribution is 2.39. The summed E-state index contributed by atoms with van der Waals surface area (Å²) in [5, 5.41) is 9.71. The molecule has 0 fully saturated rings. The summed E-state index contributed by atoms with van der Waals surface area (Å²) in [7, 11) is 2.99. The number of ether oxygens (including phenoxy) is 10. The molecule has 1 amide bonds. The first kappa shape index (κ1) is 49.2. The Morgan fingerprint density at radius 1 is 0.729 bits per heavy atom. The van der Waals surface area contributed by atoms with Crippen molar-refractivity contribution in [3.63, 3.8) is 0 Å². The minimum atomic E-state index is -4.77. The van der Waals surface area contributed by atoms with E-state index in [1.807, 2.05) is 0 Å². The summed E-state index contributed by atoms with van der Waals surface area (Å²) in [5.74, 6) is -0.0400. The first-order valence-electron chi connectivity index (χ1n) is 18.8. The van der Waals surface area contributed by atoms with E-state index in [0.717, 1.165) is 6.20 Å². The number of hydrogen-bond donors (Lipinski definition) is 1. The van der Waals surface area contributed by atoms with Gasteiger partial charge in [0.1, 0.15) is 23.8 Å². The van der Waals surface area contributed by atoms with Gasteiger partial charge in [0.15, 0.2) is 0 Å². The predicted octanol–water partition coefficient (Wildman–Crippen LogP) is 5.05. The largest absolute Gasteiger partial charge is 0.495 e. The second-order valence-corrected chi connectivity index (χ2v) is 12.5. The van der Waals surface area contributed by atoms with E-state index in [4.69, 9.17) is 64.7 Å². The number of carbonyl (C=O) groups is 1. The third kappa shape index (κ3) is 17.9. The Balaban J connectivity index is 1.36. The number of methoxy groups -OCH3 is 1. The Morgan fingerprint density at radius 2 is 1.20 bits per heavy atom. The number of aromatic nitrogens is 1. The zero-order valence-electron chi connectivity index (χ0n) is 33.3. The fourth-order valence-corrected chi connectivity index (χ4v) is 5.35. The van der Waals surface area contributed by atoms with Crippen LogP contribution in [-0.4, -0.2) is 144 Å². The van der Waals surface area contributed by atoms with Gasteiger partial charge in [-0.1, -0.05) is 23.7 Å². The smallest absolute Gasteiger partial charge is 0.433 e. The van der Waals surface area contributed by atoms with Gasteiger partial charge in [-0.25, -0.2) is 0 Å². The quantitative estimate of drug-likeness (QED) is 0.0852. The van der Waals surface area contributed by atoms with Crippen LogP contribution >= 0.6 is 11.6 Å². The summed E-state index contributed by atoms with van der Waals surface area (Å²) >= 11 is 6.59. The Hall–Kier alpha value is -4.13. The van der Waals surface area contributed by atoms with Crippen molar-refractivity contribution in [2.75, 3.05) is 138 Å². The first-order valence-corrected chi connectivity index (χ1v) is 19.2. The van der Waals surface area contributed by atoms with Crippen molar-refractivity contribution >= 4 is 23.2 Å². The molecule has 1 heterocycles. The summed E-state index contributed by atoms with van der Waals surface area (Å²) in [6, 6.07) is 12.0. The van der Waals surface area contributed by atoms with Crippen LogP contribution in [0.5, 0.6) is 11.5 Å². The average molecular weight is 857 g/mol. The van der Waals surface area contributed by atoms with Crippen LogP contribution in [0.15, 0.2) is 48.7 Å². The van der Waals surface area contributed by atoms with Crippen LogP contribution in [0.4, 0.5) is 18.9 Å². The Labute approximate surface area is 347 Å². The van der Waals surface area contributed by atoms with Gasteiger partial charge in [-0.2, -0.15) is 18.4 Å². The topological polar surface area (TPSA) is 175 Å². The summed E-state index contributed by atoms with van der Waals surface area (Å²) < 4.78 is 95.0. The number of halogens is 4. The minimum Gasteiger partial charge on any atom is -0.495 e. The lowest BCUT2D eigenvalue weighted by molar-refractivity contribution is -0.141. The number of nitrogens with two attached hydrogens (primary N) is 1. The number of para-hydroxylation sites is 2. The summed E-state index contributed by atoms with van der Waals surface area (Å²) in [5.41, 5.74) is 4.35. The number of pyridine rings is 1. The average Bonchev–Trinajstić information content (AvgIpc) is 3.23. The minimum absolute atomic E-state index is 0.00679. The van der Waals surface area contributed by atoms with Crippen LogP contribution in [0, 0.1) is 11.3 Å². The lowest BCUT2D eigenvalue weighted by atomic mass is 9.98. The monoisotopic (exact) mass is 856 g/mol. The highest BCUT2D eigenvalue weighted by molar-refractivity contribution is 6.34. The second-order valence-electron chi connectivity index (χ2n) is 12.1. The normalized spacial score (nSPS) is 11.4. The van der Waals surface area contributed by atoms with Crippen LogP contribution in [0.1, 0.15) is 21.6 Å². The van der Waals surface area contributed by atoms with Gasteiger partial charge in [-0.15, -0.1) is 0 Å². The van der Waals surface area contributed by atoms with Gasteiger partial charge in [-0.05, 0) is 24.3 Å². The molecule has 0 saturated carbocycles. The molecule has 0 bridgehead atoms. The molecule has 3 rings (SSSR count). The fraction of sp³-hybridized carbons (Fsp3) is 0.525. The van der Waals surface area contributed by atoms with Gasteiger partial charge < -0.3 is 58.0 Å². The zero-order chi connectivity index (χ0) is 42.7. The Kier molecular flexibility index (Phi) is 23.7. The molecule has 59 heavy (non-hydrogen) atoms. The van der Waals surface area contributed by atoms with Crippen LogP contribution < -0.4 is 20.1 Å². The molecule has 0 aliphatic carbocycles. The first-order chi connectivity index (χ1) is 28.6. The van der Waals surface area contributed by atoms with Crippen LogP contribution in [0.3, 0.4) is 0 Å². The molecule has 0 aliphatic rings. The number of carbonyl (C=O) groups excluding carboxylic acids is 1. The molecule has 0 saturated heterocycles. The highest BCUT2D eigenvalue weighted by Gasteiger charge is 2.33. The van der Waals surface area contributed by atoms with Crippen molar-refractivity contribution in [2.24, 2.45) is 5.73 Å². The van der Waals surface area contributed by atoms with Crippen LogP contribution in [0.25, 0.3) is 11.1 Å². The maximum absolute atomic E-state index is 14.0. The van der Waals surface area contributed by atoms with E-state index in [0.29, 0.717) is 117 Å². The number of hydrogen-bond acceptors (Lipinski definition) is 14. The van der Waals surface area contributed by atoms with Crippen molar-refractivity contribution in [3.05, 3.63) is 70.5 Å². The fourth-order valence-electron chi connectivity index (χ4n) is 5.10. The van der Waals surface area contributed by atoms with Crippen molar-refractivity contribution in [1.82, 2.24) is 4.98 Å². The second kappa shape index (κ2) is 28.4. The predicted molar refractivity (Wildman–Crippen MR) is 211 cm³/mol. The van der Waals surface area contributed by atoms with E-state index in [1.165, 1.54) is 31.2 Å². The SMILES string of the molecule is COc1ccccc1N(C)C(=O)c1cc(-c2cnc(C(F)(F)F)cc2C#N)c(Cl)cc1OCCOCCOCCOCCOCCOCCOCCOCCOCCN. The number of benzene rings is 2. The van der Waals surface area contributed by atoms with E-state index in [2.05, 4.69) is 4.98 Å². The Morgan fingerprint density at radius 3 is 1.66 bits per heavy atom. The number of rotatable bonds is 31. The molecule has 326 valence electrons. The number of anilines is 1. The summed E-state index contributed by atoms with van der Waals surface area (Å²) in [6.07, 6.45) is -3.86. The van der Waals surface area contributed by atoms with Crippen molar-refractivity contribution in [1.29, 1.82) is 5.26 Å². The number of nitrogens with zero attached hydrogens (tertiary/aromatic N) is 3. The zero-order valence-corrected chi connectivity index (χ0v) is 34.0. The lowest BCUT2D eigenvalue weighted by Gasteiger charge is -2.22. The van der Waals surface area contributed by atoms with Crippen molar-refractivity contribution in [3.8, 4) is 28.7 Å². The maximum atomic E-state index is 14.0. The van der Waals surface area contributed by atoms with Gasteiger partial charge in [0.05, 0.1) is 141 Å². The molecule has 3 aromatic rings. The molecule has 15 nitrogen and oxygen atoms in total. The molecule has 0 atom stereocenters. The molecule has 0 radical (unpaired) electrons. The molecular formula is C40H52ClF3N4O11. The van der Waals surface area contributed by atoms with Crippen LogP contribution in [-0.2, 0) is 44.1 Å². The number of alkyl halides is 3. The number of nitriles is 1. The van der Waals surface area contributed by atoms with Gasteiger partial charge in [0.2, 0.25) is 0 Å². The van der Waals surface area contributed by atoms with E-state index < -0.39 is 17.8 Å². The van der Waals surface area contributed by atoms with E-state index in [-0.39, 0.29) is 52.8 Å². The highest BCUT2D eigenvalue weighted by atomic mass is 35.5. The summed E-state index contributed by atoms with van der Waals surface area (Å²) in [6.45, 7) is 7.09. The van der Waals surface area contributed by atoms with Gasteiger partial charge in [0.25, 0.3) is 5.91 Å². The molecule has 1 aromatic heterocycles. The van der Waals surface area contributed by atoms with E-state index in [9.17, 15) is 23.2 Å².